The molecule has 0 aromatic heterocycles. The minimum Gasteiger partial charge on any atom is -0.481 e. The second-order valence-electron chi connectivity index (χ2n) is 5.80. The van der Waals surface area contributed by atoms with Crippen LogP contribution in [-0.2, 0) is 9.53 Å². The van der Waals surface area contributed by atoms with E-state index in [0.29, 0.717) is 0 Å². The summed E-state index contributed by atoms with van der Waals surface area (Å²) in [5, 5.41) is 8.72. The molecule has 5 heteroatoms. The van der Waals surface area contributed by atoms with E-state index >= 15 is 0 Å². The van der Waals surface area contributed by atoms with Crippen molar-refractivity contribution in [2.45, 2.75) is 59.6 Å². The van der Waals surface area contributed by atoms with E-state index in [9.17, 15) is 9.59 Å². The van der Waals surface area contributed by atoms with Crippen molar-refractivity contribution in [1.29, 1.82) is 0 Å². The number of aliphatic carboxylic acids is 1. The number of hydrogen-bond acceptors (Lipinski definition) is 3. The Balaban J connectivity index is 4.74. The normalized spacial score (nSPS) is 13.3. The van der Waals surface area contributed by atoms with Gasteiger partial charge in [0.1, 0.15) is 5.60 Å². The van der Waals surface area contributed by atoms with E-state index in [-0.39, 0.29) is 24.9 Å². The Morgan fingerprint density at radius 3 is 2.06 bits per heavy atom. The number of carbonyl (C=O) groups is 2. The van der Waals surface area contributed by atoms with Gasteiger partial charge in [-0.3, -0.25) is 4.79 Å². The highest BCUT2D eigenvalue weighted by atomic mass is 16.6. The fourth-order valence-electron chi connectivity index (χ4n) is 1.36. The molecule has 0 aliphatic carbocycles. The summed E-state index contributed by atoms with van der Waals surface area (Å²) >= 11 is 0. The topological polar surface area (TPSA) is 66.8 Å². The molecule has 0 aromatic rings. The number of ether oxygens (including phenoxy) is 1. The highest BCUT2D eigenvalue weighted by Gasteiger charge is 2.27. The Bertz CT molecular complexity index is 294. The van der Waals surface area contributed by atoms with E-state index < -0.39 is 17.7 Å². The maximum absolute atomic E-state index is 12.0. The molecule has 0 saturated heterocycles. The first-order valence-corrected chi connectivity index (χ1v) is 6.26. The van der Waals surface area contributed by atoms with Crippen molar-refractivity contribution in [3.8, 4) is 0 Å². The van der Waals surface area contributed by atoms with Gasteiger partial charge in [0.15, 0.2) is 0 Å². The molecule has 0 fully saturated rings. The minimum absolute atomic E-state index is 0.0563. The van der Waals surface area contributed by atoms with Crippen LogP contribution in [-0.4, -0.2) is 40.3 Å². The summed E-state index contributed by atoms with van der Waals surface area (Å²) in [6.45, 7) is 11.4. The molecule has 0 aliphatic rings. The van der Waals surface area contributed by atoms with Crippen LogP contribution in [0.1, 0.15) is 48.0 Å². The van der Waals surface area contributed by atoms with Crippen molar-refractivity contribution >= 4 is 12.1 Å². The van der Waals surface area contributed by atoms with Crippen molar-refractivity contribution in [2.75, 3.05) is 6.54 Å². The molecule has 1 atom stereocenters. The Kier molecular flexibility index (Phi) is 6.15. The third kappa shape index (κ3) is 6.47. The van der Waals surface area contributed by atoms with Gasteiger partial charge in [0.05, 0.1) is 6.42 Å². The second kappa shape index (κ2) is 6.61. The van der Waals surface area contributed by atoms with Crippen LogP contribution in [0.15, 0.2) is 0 Å². The van der Waals surface area contributed by atoms with E-state index in [2.05, 4.69) is 0 Å². The van der Waals surface area contributed by atoms with Crippen molar-refractivity contribution < 1.29 is 19.4 Å². The third-order valence-corrected chi connectivity index (χ3v) is 2.65. The number of carbonyl (C=O) groups excluding carboxylic acids is 1. The summed E-state index contributed by atoms with van der Waals surface area (Å²) in [4.78, 5) is 24.1. The number of carboxylic acid groups (broad SMARTS) is 1. The first kappa shape index (κ1) is 16.7. The summed E-state index contributed by atoms with van der Waals surface area (Å²) in [6, 6.07) is -0.0563. The average Bonchev–Trinajstić information content (AvgIpc) is 2.13. The highest BCUT2D eigenvalue weighted by Crippen LogP contribution is 2.16. The molecular formula is C13H25NO4. The van der Waals surface area contributed by atoms with E-state index in [1.54, 1.807) is 20.8 Å². The molecule has 0 unspecified atom stereocenters. The zero-order valence-corrected chi connectivity index (χ0v) is 12.2. The Labute approximate surface area is 109 Å². The number of rotatable bonds is 5. The monoisotopic (exact) mass is 259 g/mol. The van der Waals surface area contributed by atoms with Crippen molar-refractivity contribution in [3.05, 3.63) is 0 Å². The van der Waals surface area contributed by atoms with Gasteiger partial charge in [-0.05, 0) is 33.6 Å². The molecule has 0 radical (unpaired) electrons. The first-order valence-electron chi connectivity index (χ1n) is 6.26. The molecule has 0 aliphatic heterocycles. The molecule has 18 heavy (non-hydrogen) atoms. The predicted molar refractivity (Wildman–Crippen MR) is 69.5 cm³/mol. The molecule has 5 nitrogen and oxygen atoms in total. The lowest BCUT2D eigenvalue weighted by Gasteiger charge is -2.33. The van der Waals surface area contributed by atoms with Crippen LogP contribution < -0.4 is 0 Å². The molecule has 0 bridgehead atoms. The lowest BCUT2D eigenvalue weighted by molar-refractivity contribution is -0.137. The van der Waals surface area contributed by atoms with E-state index in [4.69, 9.17) is 9.84 Å². The average molecular weight is 259 g/mol. The lowest BCUT2D eigenvalue weighted by atomic mass is 10.0. The SMILES string of the molecule is CC(C)[C@@H](C)N(CCC(=O)O)C(=O)OC(C)(C)C. The first-order chi connectivity index (χ1) is 8.04. The van der Waals surface area contributed by atoms with Crippen LogP contribution in [0.5, 0.6) is 0 Å². The van der Waals surface area contributed by atoms with E-state index in [1.165, 1.54) is 4.90 Å². The molecule has 0 spiro atoms. The van der Waals surface area contributed by atoms with Gasteiger partial charge in [0, 0.05) is 12.6 Å². The maximum atomic E-state index is 12.0. The molecule has 1 N–H and O–H groups in total. The van der Waals surface area contributed by atoms with Gasteiger partial charge in [0.2, 0.25) is 0 Å². The molecule has 0 rings (SSSR count). The van der Waals surface area contributed by atoms with Crippen LogP contribution in [0, 0.1) is 5.92 Å². The standard InChI is InChI=1S/C13H25NO4/c1-9(2)10(3)14(8-7-11(15)16)12(17)18-13(4,5)6/h9-10H,7-8H2,1-6H3,(H,15,16)/t10-/m1/s1. The number of nitrogens with zero attached hydrogens (tertiary/aromatic N) is 1. The Hall–Kier alpha value is -1.26. The second-order valence-corrected chi connectivity index (χ2v) is 5.80. The van der Waals surface area contributed by atoms with Crippen LogP contribution in [0.2, 0.25) is 0 Å². The van der Waals surface area contributed by atoms with Gasteiger partial charge >= 0.3 is 12.1 Å². The number of amides is 1. The highest BCUT2D eigenvalue weighted by molar-refractivity contribution is 5.71. The van der Waals surface area contributed by atoms with Crippen LogP contribution in [0.3, 0.4) is 0 Å². The smallest absolute Gasteiger partial charge is 0.410 e. The van der Waals surface area contributed by atoms with Gasteiger partial charge < -0.3 is 14.7 Å². The molecule has 0 aromatic carbocycles. The van der Waals surface area contributed by atoms with Crippen molar-refractivity contribution in [2.24, 2.45) is 5.92 Å². The van der Waals surface area contributed by atoms with Crippen LogP contribution in [0.4, 0.5) is 4.79 Å². The van der Waals surface area contributed by atoms with Crippen molar-refractivity contribution in [3.63, 3.8) is 0 Å². The molecular weight excluding hydrogens is 234 g/mol. The van der Waals surface area contributed by atoms with Gasteiger partial charge in [-0.15, -0.1) is 0 Å². The van der Waals surface area contributed by atoms with Crippen molar-refractivity contribution in [1.82, 2.24) is 4.90 Å². The summed E-state index contributed by atoms with van der Waals surface area (Å²) in [5.74, 6) is -0.675. The molecule has 106 valence electrons. The maximum Gasteiger partial charge on any atom is 0.410 e. The summed E-state index contributed by atoms with van der Waals surface area (Å²) in [6.07, 6.45) is -0.527. The fraction of sp³-hybridized carbons (Fsp3) is 0.846. The van der Waals surface area contributed by atoms with Gasteiger partial charge in [-0.1, -0.05) is 13.8 Å². The molecule has 0 heterocycles. The minimum atomic E-state index is -0.917. The van der Waals surface area contributed by atoms with Gasteiger partial charge in [-0.25, -0.2) is 4.79 Å². The Morgan fingerprint density at radius 1 is 1.22 bits per heavy atom. The summed E-state index contributed by atoms with van der Waals surface area (Å²) in [7, 11) is 0. The zero-order valence-electron chi connectivity index (χ0n) is 12.2. The lowest BCUT2D eigenvalue weighted by Crippen LogP contribution is -2.45. The number of hydrogen-bond donors (Lipinski definition) is 1. The summed E-state index contributed by atoms with van der Waals surface area (Å²) in [5.41, 5.74) is -0.574. The zero-order chi connectivity index (χ0) is 14.5. The van der Waals surface area contributed by atoms with E-state index in [1.807, 2.05) is 20.8 Å². The largest absolute Gasteiger partial charge is 0.481 e. The Morgan fingerprint density at radius 2 is 1.72 bits per heavy atom. The van der Waals surface area contributed by atoms with Gasteiger partial charge in [0.25, 0.3) is 0 Å². The van der Waals surface area contributed by atoms with E-state index in [0.717, 1.165) is 0 Å². The molecule has 1 amide bonds. The molecule has 0 saturated carbocycles. The quantitative estimate of drug-likeness (QED) is 0.824. The number of carboxylic acids is 1. The van der Waals surface area contributed by atoms with Gasteiger partial charge in [-0.2, -0.15) is 0 Å². The fourth-order valence-corrected chi connectivity index (χ4v) is 1.36. The summed E-state index contributed by atoms with van der Waals surface area (Å²) < 4.78 is 5.30. The van der Waals surface area contributed by atoms with Crippen LogP contribution >= 0.6 is 0 Å². The third-order valence-electron chi connectivity index (χ3n) is 2.65. The van der Waals surface area contributed by atoms with Crippen LogP contribution in [0.25, 0.3) is 0 Å². The predicted octanol–water partition coefficient (Wildman–Crippen LogP) is 2.74.